The normalized spacial score (nSPS) is 21.3. The van der Waals surface area contributed by atoms with Crippen LogP contribution in [0.15, 0.2) is 18.3 Å². The molecule has 6 heteroatoms. The van der Waals surface area contributed by atoms with Gasteiger partial charge in [-0.2, -0.15) is 0 Å². The number of ether oxygens (including phenoxy) is 1. The summed E-state index contributed by atoms with van der Waals surface area (Å²) in [4.78, 5) is 4.41. The van der Waals surface area contributed by atoms with Crippen molar-refractivity contribution in [3.05, 3.63) is 18.3 Å². The summed E-state index contributed by atoms with van der Waals surface area (Å²) >= 11 is 0. The second-order valence-corrected chi connectivity index (χ2v) is 6.57. The van der Waals surface area contributed by atoms with Gasteiger partial charge in [-0.15, -0.1) is 0 Å². The number of pyridine rings is 1. The maximum Gasteiger partial charge on any atom is 0.496 e. The highest BCUT2D eigenvalue weighted by molar-refractivity contribution is 6.62. The van der Waals surface area contributed by atoms with Crippen molar-refractivity contribution in [1.82, 2.24) is 4.98 Å². The van der Waals surface area contributed by atoms with E-state index in [-0.39, 0.29) is 24.4 Å². The van der Waals surface area contributed by atoms with Crippen LogP contribution in [0.5, 0.6) is 0 Å². The van der Waals surface area contributed by atoms with E-state index in [0.29, 0.717) is 6.61 Å². The summed E-state index contributed by atoms with van der Waals surface area (Å²) in [5, 5.41) is 3.28. The van der Waals surface area contributed by atoms with Crippen molar-refractivity contribution < 1.29 is 14.0 Å². The van der Waals surface area contributed by atoms with Crippen molar-refractivity contribution in [1.29, 1.82) is 0 Å². The molecule has 1 N–H and O–H groups in total. The molecule has 0 bridgehead atoms. The highest BCUT2D eigenvalue weighted by Gasteiger charge is 2.51. The first-order valence-electron chi connectivity index (χ1n) is 7.32. The van der Waals surface area contributed by atoms with E-state index in [0.717, 1.165) is 11.3 Å². The molecule has 2 heterocycles. The quantitative estimate of drug-likeness (QED) is 0.839. The molecule has 1 aromatic rings. The molecule has 1 aliphatic rings. The minimum Gasteiger partial charge on any atom is -0.399 e. The monoisotopic (exact) mass is 292 g/mol. The second kappa shape index (κ2) is 5.95. The van der Waals surface area contributed by atoms with Gasteiger partial charge in [0.15, 0.2) is 0 Å². The highest BCUT2D eigenvalue weighted by Crippen LogP contribution is 2.36. The standard InChI is InChI=1S/C15H25BN2O3/c1-11(10-19-6)18-13-8-7-12(9-17-13)16-20-14(2,3)15(4,5)21-16/h7-9,11H,10H2,1-6H3,(H,17,18). The SMILES string of the molecule is COCC(C)Nc1ccc(B2OC(C)(C)C(C)(C)O2)cn1. The van der Waals surface area contributed by atoms with Crippen LogP contribution in [0.4, 0.5) is 5.82 Å². The molecule has 0 aliphatic carbocycles. The lowest BCUT2D eigenvalue weighted by Gasteiger charge is -2.32. The first-order chi connectivity index (χ1) is 9.75. The van der Waals surface area contributed by atoms with Gasteiger partial charge in [-0.25, -0.2) is 4.98 Å². The molecule has 5 nitrogen and oxygen atoms in total. The fourth-order valence-corrected chi connectivity index (χ4v) is 2.15. The molecule has 1 aromatic heterocycles. The molecule has 2 rings (SSSR count). The van der Waals surface area contributed by atoms with Gasteiger partial charge in [-0.1, -0.05) is 6.07 Å². The minimum absolute atomic E-state index is 0.213. The third kappa shape index (κ3) is 3.57. The lowest BCUT2D eigenvalue weighted by atomic mass is 9.80. The van der Waals surface area contributed by atoms with Crippen molar-refractivity contribution in [2.24, 2.45) is 0 Å². The van der Waals surface area contributed by atoms with Gasteiger partial charge in [0, 0.05) is 24.8 Å². The zero-order chi connectivity index (χ0) is 15.7. The van der Waals surface area contributed by atoms with E-state index in [9.17, 15) is 0 Å². The third-order valence-corrected chi connectivity index (χ3v) is 4.12. The van der Waals surface area contributed by atoms with E-state index in [4.69, 9.17) is 14.0 Å². The highest BCUT2D eigenvalue weighted by atomic mass is 16.7. The molecule has 0 amide bonds. The summed E-state index contributed by atoms with van der Waals surface area (Å²) in [6.07, 6.45) is 1.80. The molecular formula is C15H25BN2O3. The van der Waals surface area contributed by atoms with Gasteiger partial charge in [-0.3, -0.25) is 0 Å². The number of hydrogen-bond donors (Lipinski definition) is 1. The molecule has 0 radical (unpaired) electrons. The van der Waals surface area contributed by atoms with Crippen molar-refractivity contribution in [2.75, 3.05) is 19.0 Å². The number of hydrogen-bond acceptors (Lipinski definition) is 5. The Labute approximate surface area is 127 Å². The number of methoxy groups -OCH3 is 1. The van der Waals surface area contributed by atoms with E-state index in [1.807, 2.05) is 46.8 Å². The van der Waals surface area contributed by atoms with Crippen LogP contribution in [-0.2, 0) is 14.0 Å². The smallest absolute Gasteiger partial charge is 0.399 e. The van der Waals surface area contributed by atoms with Crippen LogP contribution in [0.25, 0.3) is 0 Å². The van der Waals surface area contributed by atoms with Gasteiger partial charge >= 0.3 is 7.12 Å². The molecule has 1 unspecified atom stereocenters. The largest absolute Gasteiger partial charge is 0.496 e. The lowest BCUT2D eigenvalue weighted by molar-refractivity contribution is 0.00578. The fraction of sp³-hybridized carbons (Fsp3) is 0.667. The number of nitrogens with one attached hydrogen (secondary N) is 1. The van der Waals surface area contributed by atoms with Gasteiger partial charge in [0.2, 0.25) is 0 Å². The van der Waals surface area contributed by atoms with Gasteiger partial charge in [-0.05, 0) is 40.7 Å². The Balaban J connectivity index is 2.03. The zero-order valence-electron chi connectivity index (χ0n) is 13.8. The molecule has 21 heavy (non-hydrogen) atoms. The molecule has 0 aromatic carbocycles. The first kappa shape index (κ1) is 16.3. The average Bonchev–Trinajstić information content (AvgIpc) is 2.59. The van der Waals surface area contributed by atoms with E-state index in [2.05, 4.69) is 10.3 Å². The van der Waals surface area contributed by atoms with Crippen molar-refractivity contribution in [3.63, 3.8) is 0 Å². The fourth-order valence-electron chi connectivity index (χ4n) is 2.15. The van der Waals surface area contributed by atoms with E-state index in [1.165, 1.54) is 0 Å². The Kier molecular flexibility index (Phi) is 4.61. The Morgan fingerprint density at radius 2 is 1.86 bits per heavy atom. The zero-order valence-corrected chi connectivity index (χ0v) is 13.8. The summed E-state index contributed by atoms with van der Waals surface area (Å²) in [5.41, 5.74) is 0.266. The molecule has 0 spiro atoms. The molecule has 1 aliphatic heterocycles. The van der Waals surface area contributed by atoms with Gasteiger partial charge in [0.05, 0.1) is 17.8 Å². The Hall–Kier alpha value is -1.11. The molecule has 116 valence electrons. The predicted molar refractivity (Wildman–Crippen MR) is 84.9 cm³/mol. The van der Waals surface area contributed by atoms with Crippen LogP contribution >= 0.6 is 0 Å². The topological polar surface area (TPSA) is 52.6 Å². The summed E-state index contributed by atoms with van der Waals surface area (Å²) < 4.78 is 17.1. The van der Waals surface area contributed by atoms with E-state index in [1.54, 1.807) is 13.3 Å². The molecule has 1 fully saturated rings. The van der Waals surface area contributed by atoms with Crippen molar-refractivity contribution >= 4 is 18.4 Å². The van der Waals surface area contributed by atoms with Gasteiger partial charge in [0.1, 0.15) is 5.82 Å². The molecule has 0 saturated carbocycles. The van der Waals surface area contributed by atoms with Crippen molar-refractivity contribution in [3.8, 4) is 0 Å². The second-order valence-electron chi connectivity index (χ2n) is 6.57. The molecule has 1 atom stereocenters. The van der Waals surface area contributed by atoms with Crippen LogP contribution in [0.1, 0.15) is 34.6 Å². The van der Waals surface area contributed by atoms with Crippen LogP contribution in [-0.4, -0.2) is 43.1 Å². The van der Waals surface area contributed by atoms with Crippen LogP contribution in [0, 0.1) is 0 Å². The minimum atomic E-state index is -0.368. The summed E-state index contributed by atoms with van der Waals surface area (Å²) in [7, 11) is 1.32. The lowest BCUT2D eigenvalue weighted by Crippen LogP contribution is -2.41. The number of rotatable bonds is 5. The van der Waals surface area contributed by atoms with Crippen molar-refractivity contribution in [2.45, 2.75) is 51.9 Å². The van der Waals surface area contributed by atoms with E-state index < -0.39 is 0 Å². The number of aromatic nitrogens is 1. The summed E-state index contributed by atoms with van der Waals surface area (Å²) in [6, 6.07) is 4.13. The maximum absolute atomic E-state index is 6.01. The number of anilines is 1. The molecule has 1 saturated heterocycles. The van der Waals surface area contributed by atoms with Gasteiger partial charge in [0.25, 0.3) is 0 Å². The summed E-state index contributed by atoms with van der Waals surface area (Å²) in [6.45, 7) is 10.9. The Morgan fingerprint density at radius 1 is 1.24 bits per heavy atom. The van der Waals surface area contributed by atoms with Crippen LogP contribution < -0.4 is 10.8 Å². The maximum atomic E-state index is 6.01. The molecular weight excluding hydrogens is 267 g/mol. The summed E-state index contributed by atoms with van der Waals surface area (Å²) in [5.74, 6) is 0.819. The Morgan fingerprint density at radius 3 is 2.33 bits per heavy atom. The van der Waals surface area contributed by atoms with Gasteiger partial charge < -0.3 is 19.4 Å². The number of nitrogens with zero attached hydrogens (tertiary/aromatic N) is 1. The van der Waals surface area contributed by atoms with Crippen LogP contribution in [0.2, 0.25) is 0 Å². The Bertz CT molecular complexity index is 460. The average molecular weight is 292 g/mol. The first-order valence-corrected chi connectivity index (χ1v) is 7.32. The van der Waals surface area contributed by atoms with E-state index >= 15 is 0 Å². The van der Waals surface area contributed by atoms with Crippen LogP contribution in [0.3, 0.4) is 0 Å². The predicted octanol–water partition coefficient (Wildman–Crippen LogP) is 1.83. The third-order valence-electron chi connectivity index (χ3n) is 4.12.